The number of hydrogen-bond acceptors (Lipinski definition) is 5. The predicted molar refractivity (Wildman–Crippen MR) is 86.6 cm³/mol. The van der Waals surface area contributed by atoms with Crippen LogP contribution in [0.25, 0.3) is 17.2 Å². The fraction of sp³-hybridized carbons (Fsp3) is 0.235. The zero-order chi connectivity index (χ0) is 18.7. The molecule has 6 nitrogen and oxygen atoms in total. The predicted octanol–water partition coefficient (Wildman–Crippen LogP) is 3.30. The van der Waals surface area contributed by atoms with Crippen molar-refractivity contribution in [1.29, 1.82) is 0 Å². The van der Waals surface area contributed by atoms with Crippen molar-refractivity contribution >= 4 is 0 Å². The summed E-state index contributed by atoms with van der Waals surface area (Å²) in [6, 6.07) is 8.96. The van der Waals surface area contributed by atoms with Crippen LogP contribution in [0.1, 0.15) is 24.9 Å². The van der Waals surface area contributed by atoms with Crippen LogP contribution in [0, 0.1) is 5.82 Å². The number of alkyl halides is 2. The highest BCUT2D eigenvalue weighted by Gasteiger charge is 2.20. The molecule has 136 valence electrons. The molecular formula is C17H15F3N4O2. The Hall–Kier alpha value is -2.94. The standard InChI is InChI=1S/C17H15F3N4O2/c1-2-26-11-5-3-10(4-6-11)24-17(22-14(9-25)23-24)13-8-7-12(18)15(21-13)16(19)20/h3-8,16,25H,2,9H2,1H3. The van der Waals surface area contributed by atoms with E-state index >= 15 is 0 Å². The van der Waals surface area contributed by atoms with Crippen LogP contribution >= 0.6 is 0 Å². The van der Waals surface area contributed by atoms with E-state index in [1.54, 1.807) is 24.3 Å². The summed E-state index contributed by atoms with van der Waals surface area (Å²) in [5.41, 5.74) is -0.391. The molecule has 2 heterocycles. The molecular weight excluding hydrogens is 349 g/mol. The summed E-state index contributed by atoms with van der Waals surface area (Å²) in [7, 11) is 0. The Labute approximate surface area is 146 Å². The van der Waals surface area contributed by atoms with Crippen LogP contribution in [0.2, 0.25) is 0 Å². The summed E-state index contributed by atoms with van der Waals surface area (Å²) in [5.74, 6) is -0.253. The third-order valence-electron chi connectivity index (χ3n) is 3.49. The normalized spacial score (nSPS) is 11.2. The number of aliphatic hydroxyl groups excluding tert-OH is 1. The van der Waals surface area contributed by atoms with Crippen LogP contribution in [0.5, 0.6) is 5.75 Å². The van der Waals surface area contributed by atoms with Gasteiger partial charge in [-0.05, 0) is 43.3 Å². The molecule has 0 aliphatic heterocycles. The summed E-state index contributed by atoms with van der Waals surface area (Å²) in [6.07, 6.45) is -3.06. The lowest BCUT2D eigenvalue weighted by molar-refractivity contribution is 0.140. The van der Waals surface area contributed by atoms with Gasteiger partial charge in [0, 0.05) is 0 Å². The van der Waals surface area contributed by atoms with Gasteiger partial charge in [-0.3, -0.25) is 0 Å². The van der Waals surface area contributed by atoms with Crippen molar-refractivity contribution in [2.75, 3.05) is 6.61 Å². The molecule has 0 atom stereocenters. The summed E-state index contributed by atoms with van der Waals surface area (Å²) < 4.78 is 46.1. The molecule has 9 heteroatoms. The number of benzene rings is 1. The minimum Gasteiger partial charge on any atom is -0.494 e. The number of pyridine rings is 1. The first-order valence-electron chi connectivity index (χ1n) is 7.78. The summed E-state index contributed by atoms with van der Waals surface area (Å²) in [6.45, 7) is 1.93. The maximum Gasteiger partial charge on any atom is 0.283 e. The van der Waals surface area contributed by atoms with Crippen molar-refractivity contribution < 1.29 is 23.0 Å². The summed E-state index contributed by atoms with van der Waals surface area (Å²) >= 11 is 0. The van der Waals surface area contributed by atoms with Gasteiger partial charge in [-0.25, -0.2) is 27.8 Å². The van der Waals surface area contributed by atoms with Gasteiger partial charge in [-0.1, -0.05) is 0 Å². The van der Waals surface area contributed by atoms with Crippen LogP contribution in [-0.4, -0.2) is 31.5 Å². The number of rotatable bonds is 6. The van der Waals surface area contributed by atoms with Crippen molar-refractivity contribution in [2.24, 2.45) is 0 Å². The summed E-state index contributed by atoms with van der Waals surface area (Å²) in [4.78, 5) is 7.77. The molecule has 0 bridgehead atoms. The first-order valence-corrected chi connectivity index (χ1v) is 7.78. The van der Waals surface area contributed by atoms with Crippen LogP contribution in [0.3, 0.4) is 0 Å². The molecule has 0 spiro atoms. The molecule has 0 radical (unpaired) electrons. The average Bonchev–Trinajstić information content (AvgIpc) is 3.07. The molecule has 0 saturated heterocycles. The van der Waals surface area contributed by atoms with E-state index in [0.717, 1.165) is 6.07 Å². The molecule has 0 amide bonds. The van der Waals surface area contributed by atoms with E-state index in [9.17, 15) is 18.3 Å². The lowest BCUT2D eigenvalue weighted by Crippen LogP contribution is -2.04. The van der Waals surface area contributed by atoms with Gasteiger partial charge >= 0.3 is 0 Å². The molecule has 0 aliphatic rings. The second-order valence-corrected chi connectivity index (χ2v) is 5.21. The Morgan fingerprint density at radius 1 is 1.12 bits per heavy atom. The van der Waals surface area contributed by atoms with E-state index in [1.165, 1.54) is 10.7 Å². The number of nitrogens with zero attached hydrogens (tertiary/aromatic N) is 4. The number of aliphatic hydroxyl groups is 1. The van der Waals surface area contributed by atoms with Gasteiger partial charge in [0.1, 0.15) is 23.7 Å². The average molecular weight is 364 g/mol. The number of hydrogen-bond donors (Lipinski definition) is 1. The first-order chi connectivity index (χ1) is 12.5. The smallest absolute Gasteiger partial charge is 0.283 e. The second kappa shape index (κ2) is 7.52. The van der Waals surface area contributed by atoms with Gasteiger partial charge in [0.15, 0.2) is 17.5 Å². The highest BCUT2D eigenvalue weighted by molar-refractivity contribution is 5.54. The van der Waals surface area contributed by atoms with Gasteiger partial charge < -0.3 is 9.84 Å². The topological polar surface area (TPSA) is 73.1 Å². The van der Waals surface area contributed by atoms with E-state index in [0.29, 0.717) is 18.0 Å². The third-order valence-corrected chi connectivity index (χ3v) is 3.49. The van der Waals surface area contributed by atoms with Gasteiger partial charge in [-0.15, -0.1) is 5.10 Å². The van der Waals surface area contributed by atoms with Crippen LogP contribution in [-0.2, 0) is 6.61 Å². The Kier molecular flexibility index (Phi) is 5.17. The Morgan fingerprint density at radius 3 is 2.46 bits per heavy atom. The highest BCUT2D eigenvalue weighted by atomic mass is 19.3. The van der Waals surface area contributed by atoms with Gasteiger partial charge in [-0.2, -0.15) is 0 Å². The van der Waals surface area contributed by atoms with Crippen LogP contribution in [0.4, 0.5) is 13.2 Å². The maximum atomic E-state index is 13.5. The van der Waals surface area contributed by atoms with Crippen molar-refractivity contribution in [3.05, 3.63) is 53.7 Å². The zero-order valence-electron chi connectivity index (χ0n) is 13.7. The molecule has 0 aliphatic carbocycles. The minimum atomic E-state index is -3.06. The quantitative estimate of drug-likeness (QED) is 0.727. The van der Waals surface area contributed by atoms with Crippen LogP contribution in [0.15, 0.2) is 36.4 Å². The molecule has 2 aromatic heterocycles. The van der Waals surface area contributed by atoms with E-state index in [1.807, 2.05) is 6.92 Å². The second-order valence-electron chi connectivity index (χ2n) is 5.21. The largest absolute Gasteiger partial charge is 0.494 e. The first kappa shape index (κ1) is 17.9. The number of aromatic nitrogens is 4. The Balaban J connectivity index is 2.08. The van der Waals surface area contributed by atoms with E-state index < -0.39 is 24.5 Å². The fourth-order valence-electron chi connectivity index (χ4n) is 2.35. The molecule has 3 rings (SSSR count). The molecule has 0 fully saturated rings. The molecule has 26 heavy (non-hydrogen) atoms. The monoisotopic (exact) mass is 364 g/mol. The summed E-state index contributed by atoms with van der Waals surface area (Å²) in [5, 5.41) is 13.5. The van der Waals surface area contributed by atoms with Crippen molar-refractivity contribution in [1.82, 2.24) is 19.7 Å². The van der Waals surface area contributed by atoms with Crippen molar-refractivity contribution in [3.63, 3.8) is 0 Å². The molecule has 0 saturated carbocycles. The lowest BCUT2D eigenvalue weighted by Gasteiger charge is -2.08. The van der Waals surface area contributed by atoms with Crippen LogP contribution < -0.4 is 4.74 Å². The van der Waals surface area contributed by atoms with E-state index in [-0.39, 0.29) is 17.3 Å². The fourth-order valence-corrected chi connectivity index (χ4v) is 2.35. The Bertz CT molecular complexity index is 898. The van der Waals surface area contributed by atoms with Crippen molar-refractivity contribution in [2.45, 2.75) is 20.0 Å². The highest BCUT2D eigenvalue weighted by Crippen LogP contribution is 2.26. The molecule has 0 unspecified atom stereocenters. The number of ether oxygens (including phenoxy) is 1. The molecule has 1 N–H and O–H groups in total. The molecule has 3 aromatic rings. The van der Waals surface area contributed by atoms with Gasteiger partial charge in [0.2, 0.25) is 0 Å². The maximum absolute atomic E-state index is 13.5. The Morgan fingerprint density at radius 2 is 1.85 bits per heavy atom. The van der Waals surface area contributed by atoms with E-state index in [2.05, 4.69) is 15.1 Å². The van der Waals surface area contributed by atoms with Crippen molar-refractivity contribution in [3.8, 4) is 23.0 Å². The van der Waals surface area contributed by atoms with E-state index in [4.69, 9.17) is 4.74 Å². The third kappa shape index (κ3) is 3.52. The number of halogens is 3. The zero-order valence-corrected chi connectivity index (χ0v) is 13.7. The van der Waals surface area contributed by atoms with Gasteiger partial charge in [0.25, 0.3) is 6.43 Å². The lowest BCUT2D eigenvalue weighted by atomic mass is 10.2. The van der Waals surface area contributed by atoms with Gasteiger partial charge in [0.05, 0.1) is 12.3 Å². The SMILES string of the molecule is CCOc1ccc(-n2nc(CO)nc2-c2ccc(F)c(C(F)F)n2)cc1. The minimum absolute atomic E-state index is 0.0165. The molecule has 1 aromatic carbocycles.